The fourth-order valence-electron chi connectivity index (χ4n) is 1.64. The maximum absolute atomic E-state index is 4.23. The lowest BCUT2D eigenvalue weighted by atomic mass is 10.2. The zero-order valence-electron chi connectivity index (χ0n) is 12.0. The smallest absolute Gasteiger partial charge is 0.191 e. The average Bonchev–Trinajstić information content (AvgIpc) is 2.78. The van der Waals surface area contributed by atoms with Crippen molar-refractivity contribution in [2.24, 2.45) is 4.99 Å². The fraction of sp³-hybridized carbons (Fsp3) is 0.692. The maximum atomic E-state index is 4.23. The third-order valence-electron chi connectivity index (χ3n) is 2.65. The van der Waals surface area contributed by atoms with E-state index in [1.165, 1.54) is 30.6 Å². The van der Waals surface area contributed by atoms with Crippen LogP contribution < -0.4 is 10.6 Å². The van der Waals surface area contributed by atoms with Gasteiger partial charge in [-0.25, -0.2) is 4.98 Å². The highest BCUT2D eigenvalue weighted by atomic mass is 127. The van der Waals surface area contributed by atoms with Crippen LogP contribution in [0.4, 0.5) is 0 Å². The highest BCUT2D eigenvalue weighted by Gasteiger charge is 2.00. The monoisotopic (exact) mass is 396 g/mol. The van der Waals surface area contributed by atoms with Crippen LogP contribution in [0.1, 0.15) is 42.5 Å². The third kappa shape index (κ3) is 8.41. The molecule has 0 saturated carbocycles. The van der Waals surface area contributed by atoms with Crippen LogP contribution in [0.2, 0.25) is 0 Å². The molecule has 0 aliphatic rings. The van der Waals surface area contributed by atoms with Crippen LogP contribution >= 0.6 is 35.3 Å². The summed E-state index contributed by atoms with van der Waals surface area (Å²) in [6, 6.07) is 0. The summed E-state index contributed by atoms with van der Waals surface area (Å²) in [6.45, 7) is 6.03. The topological polar surface area (TPSA) is 49.3 Å². The number of nitrogens with zero attached hydrogens (tertiary/aromatic N) is 2. The summed E-state index contributed by atoms with van der Waals surface area (Å²) in [5, 5.41) is 7.73. The predicted octanol–water partition coefficient (Wildman–Crippen LogP) is 3.31. The molecular formula is C13H25IN4S. The van der Waals surface area contributed by atoms with E-state index >= 15 is 0 Å². The summed E-state index contributed by atoms with van der Waals surface area (Å²) in [4.78, 5) is 9.68. The molecule has 19 heavy (non-hydrogen) atoms. The summed E-state index contributed by atoms with van der Waals surface area (Å²) < 4.78 is 0. The van der Waals surface area contributed by atoms with E-state index in [9.17, 15) is 0 Å². The first kappa shape index (κ1) is 18.6. The highest BCUT2D eigenvalue weighted by molar-refractivity contribution is 14.0. The molecular weight excluding hydrogens is 371 g/mol. The van der Waals surface area contributed by atoms with Crippen molar-refractivity contribution in [1.29, 1.82) is 0 Å². The van der Waals surface area contributed by atoms with Crippen molar-refractivity contribution in [2.75, 3.05) is 13.6 Å². The standard InChI is InChI=1S/C13H24N4S.HI/c1-4-5-6-7-8-15-13(14-3)17-10-12-9-16-11(2)18-12;/h9H,4-8,10H2,1-3H3,(H2,14,15,17);1H. The van der Waals surface area contributed by atoms with Crippen LogP contribution in [0.25, 0.3) is 0 Å². The molecule has 0 aromatic carbocycles. The van der Waals surface area contributed by atoms with E-state index in [-0.39, 0.29) is 24.0 Å². The fourth-order valence-corrected chi connectivity index (χ4v) is 2.37. The zero-order valence-corrected chi connectivity index (χ0v) is 15.2. The molecule has 1 rings (SSSR count). The van der Waals surface area contributed by atoms with Gasteiger partial charge in [0.25, 0.3) is 0 Å². The molecule has 0 bridgehead atoms. The molecule has 0 aliphatic heterocycles. The number of hydrogen-bond acceptors (Lipinski definition) is 3. The van der Waals surface area contributed by atoms with Crippen LogP contribution in [0.3, 0.4) is 0 Å². The number of aryl methyl sites for hydroxylation is 1. The normalized spacial score (nSPS) is 11.0. The second-order valence-electron chi connectivity index (χ2n) is 4.26. The van der Waals surface area contributed by atoms with Crippen LogP contribution in [0.15, 0.2) is 11.2 Å². The summed E-state index contributed by atoms with van der Waals surface area (Å²) in [7, 11) is 1.80. The van der Waals surface area contributed by atoms with Gasteiger partial charge in [-0.1, -0.05) is 26.2 Å². The second-order valence-corrected chi connectivity index (χ2v) is 5.58. The van der Waals surface area contributed by atoms with Gasteiger partial charge in [0, 0.05) is 24.7 Å². The number of halogens is 1. The summed E-state index contributed by atoms with van der Waals surface area (Å²) in [5.74, 6) is 0.873. The van der Waals surface area contributed by atoms with Crippen molar-refractivity contribution in [3.8, 4) is 0 Å². The highest BCUT2D eigenvalue weighted by Crippen LogP contribution is 2.10. The Hall–Kier alpha value is -0.370. The Bertz CT molecular complexity index is 365. The van der Waals surface area contributed by atoms with E-state index in [1.54, 1.807) is 18.4 Å². The molecule has 4 nitrogen and oxygen atoms in total. The molecule has 0 radical (unpaired) electrons. The number of guanidine groups is 1. The van der Waals surface area contributed by atoms with Gasteiger partial charge in [-0.2, -0.15) is 0 Å². The van der Waals surface area contributed by atoms with Gasteiger partial charge in [0.05, 0.1) is 11.6 Å². The second kappa shape index (κ2) is 11.5. The molecule has 1 heterocycles. The van der Waals surface area contributed by atoms with Crippen molar-refractivity contribution >= 4 is 41.3 Å². The van der Waals surface area contributed by atoms with Crippen molar-refractivity contribution in [3.63, 3.8) is 0 Å². The lowest BCUT2D eigenvalue weighted by Crippen LogP contribution is -2.37. The first-order valence-corrected chi connectivity index (χ1v) is 7.43. The predicted molar refractivity (Wildman–Crippen MR) is 94.6 cm³/mol. The van der Waals surface area contributed by atoms with Gasteiger partial charge in [0.2, 0.25) is 0 Å². The first-order chi connectivity index (χ1) is 8.76. The molecule has 0 saturated heterocycles. The van der Waals surface area contributed by atoms with E-state index in [2.05, 4.69) is 27.5 Å². The zero-order chi connectivity index (χ0) is 13.2. The Balaban J connectivity index is 0.00000324. The Kier molecular flexibility index (Phi) is 11.2. The number of thiazole rings is 1. The molecule has 0 unspecified atom stereocenters. The van der Waals surface area contributed by atoms with Crippen molar-refractivity contribution in [3.05, 3.63) is 16.1 Å². The Morgan fingerprint density at radius 1 is 1.32 bits per heavy atom. The SMILES string of the molecule is CCCCCCNC(=NC)NCc1cnc(C)s1.I. The Morgan fingerprint density at radius 3 is 2.68 bits per heavy atom. The third-order valence-corrected chi connectivity index (χ3v) is 3.56. The molecule has 0 aliphatic carbocycles. The van der Waals surface area contributed by atoms with Gasteiger partial charge in [0.15, 0.2) is 5.96 Å². The van der Waals surface area contributed by atoms with E-state index in [4.69, 9.17) is 0 Å². The van der Waals surface area contributed by atoms with Gasteiger partial charge in [-0.15, -0.1) is 35.3 Å². The molecule has 0 atom stereocenters. The molecule has 0 amide bonds. The number of aliphatic imine (C=N–C) groups is 1. The minimum absolute atomic E-state index is 0. The van der Waals surface area contributed by atoms with Crippen LogP contribution in [-0.4, -0.2) is 24.5 Å². The number of nitrogens with one attached hydrogen (secondary N) is 2. The Morgan fingerprint density at radius 2 is 2.11 bits per heavy atom. The van der Waals surface area contributed by atoms with E-state index < -0.39 is 0 Å². The maximum Gasteiger partial charge on any atom is 0.191 e. The van der Waals surface area contributed by atoms with Gasteiger partial charge in [-0.3, -0.25) is 4.99 Å². The molecule has 1 aromatic rings. The van der Waals surface area contributed by atoms with E-state index in [0.29, 0.717) is 0 Å². The van der Waals surface area contributed by atoms with Gasteiger partial charge in [-0.05, 0) is 13.3 Å². The molecule has 1 aromatic heterocycles. The molecule has 2 N–H and O–H groups in total. The Labute approximate surface area is 137 Å². The van der Waals surface area contributed by atoms with Gasteiger partial charge in [0.1, 0.15) is 0 Å². The minimum atomic E-state index is 0. The lowest BCUT2D eigenvalue weighted by Gasteiger charge is -2.10. The van der Waals surface area contributed by atoms with Gasteiger partial charge >= 0.3 is 0 Å². The van der Waals surface area contributed by atoms with Gasteiger partial charge < -0.3 is 10.6 Å². The van der Waals surface area contributed by atoms with E-state index in [1.807, 2.05) is 13.1 Å². The number of hydrogen-bond donors (Lipinski definition) is 2. The van der Waals surface area contributed by atoms with Crippen LogP contribution in [0.5, 0.6) is 0 Å². The molecule has 6 heteroatoms. The first-order valence-electron chi connectivity index (χ1n) is 6.62. The van der Waals surface area contributed by atoms with E-state index in [0.717, 1.165) is 24.1 Å². The summed E-state index contributed by atoms with van der Waals surface area (Å²) in [5.41, 5.74) is 0. The summed E-state index contributed by atoms with van der Waals surface area (Å²) in [6.07, 6.45) is 7.00. The largest absolute Gasteiger partial charge is 0.356 e. The quantitative estimate of drug-likeness (QED) is 0.322. The summed E-state index contributed by atoms with van der Waals surface area (Å²) >= 11 is 1.72. The average molecular weight is 396 g/mol. The van der Waals surface area contributed by atoms with Crippen molar-refractivity contribution in [2.45, 2.75) is 46.1 Å². The molecule has 0 fully saturated rings. The molecule has 110 valence electrons. The lowest BCUT2D eigenvalue weighted by molar-refractivity contribution is 0.647. The van der Waals surface area contributed by atoms with Crippen LogP contribution in [-0.2, 0) is 6.54 Å². The number of aromatic nitrogens is 1. The molecule has 0 spiro atoms. The number of rotatable bonds is 7. The number of unbranched alkanes of at least 4 members (excludes halogenated alkanes) is 3. The van der Waals surface area contributed by atoms with Crippen molar-refractivity contribution < 1.29 is 0 Å². The minimum Gasteiger partial charge on any atom is -0.356 e. The van der Waals surface area contributed by atoms with Crippen LogP contribution in [0, 0.1) is 6.92 Å². The van der Waals surface area contributed by atoms with Crippen molar-refractivity contribution in [1.82, 2.24) is 15.6 Å².